The smallest absolute Gasteiger partial charge is 0.163 e. The molecule has 0 spiro atoms. The molecule has 4 rings (SSSR count). The fourth-order valence-corrected chi connectivity index (χ4v) is 3.03. The van der Waals surface area contributed by atoms with E-state index in [9.17, 15) is 4.39 Å². The summed E-state index contributed by atoms with van der Waals surface area (Å²) in [5, 5.41) is 6.37. The van der Waals surface area contributed by atoms with Crippen LogP contribution in [0.3, 0.4) is 0 Å². The van der Waals surface area contributed by atoms with E-state index in [4.69, 9.17) is 4.74 Å². The van der Waals surface area contributed by atoms with Crippen LogP contribution in [-0.2, 0) is 0 Å². The van der Waals surface area contributed by atoms with E-state index in [2.05, 4.69) is 40.5 Å². The molecule has 0 amide bonds. The minimum Gasteiger partial charge on any atom is -0.494 e. The number of hydrogen-bond donors (Lipinski definition) is 2. The van der Waals surface area contributed by atoms with Crippen molar-refractivity contribution < 1.29 is 9.13 Å². The Morgan fingerprint density at radius 1 is 0.871 bits per heavy atom. The zero-order valence-corrected chi connectivity index (χ0v) is 17.1. The number of aromatic nitrogens is 6. The Hall–Kier alpha value is -4.21. The van der Waals surface area contributed by atoms with E-state index in [1.165, 1.54) is 6.33 Å². The first kappa shape index (κ1) is 20.1. The zero-order chi connectivity index (χ0) is 21.8. The van der Waals surface area contributed by atoms with Gasteiger partial charge in [0.2, 0.25) is 0 Å². The van der Waals surface area contributed by atoms with Crippen molar-refractivity contribution in [2.75, 3.05) is 17.7 Å². The van der Waals surface area contributed by atoms with Gasteiger partial charge in [-0.3, -0.25) is 0 Å². The Morgan fingerprint density at radius 3 is 2.32 bits per heavy atom. The highest BCUT2D eigenvalue weighted by Crippen LogP contribution is 2.36. The number of aryl methyl sites for hydroxylation is 2. The molecule has 156 valence electrons. The Balaban J connectivity index is 1.61. The first-order chi connectivity index (χ1) is 15.0. The normalized spacial score (nSPS) is 10.6. The molecule has 0 radical (unpaired) electrons. The van der Waals surface area contributed by atoms with Crippen molar-refractivity contribution in [1.82, 2.24) is 29.9 Å². The van der Waals surface area contributed by atoms with Crippen LogP contribution in [0.5, 0.6) is 5.75 Å². The van der Waals surface area contributed by atoms with Gasteiger partial charge in [-0.1, -0.05) is 6.07 Å². The second-order valence-corrected chi connectivity index (χ2v) is 6.59. The average molecular weight is 418 g/mol. The van der Waals surface area contributed by atoms with Crippen molar-refractivity contribution in [3.05, 3.63) is 66.4 Å². The van der Waals surface area contributed by atoms with Crippen LogP contribution in [-0.4, -0.2) is 37.0 Å². The second kappa shape index (κ2) is 8.66. The van der Waals surface area contributed by atoms with Crippen molar-refractivity contribution in [2.45, 2.75) is 13.8 Å². The molecule has 0 aliphatic heterocycles. The van der Waals surface area contributed by atoms with Crippen LogP contribution in [0.2, 0.25) is 0 Å². The number of nitrogens with zero attached hydrogens (tertiary/aromatic N) is 6. The summed E-state index contributed by atoms with van der Waals surface area (Å²) in [7, 11) is 1.54. The third-order valence-corrected chi connectivity index (χ3v) is 4.23. The SMILES string of the molecule is COc1c(Nc2cc(Nc3cc(C)nc(C)n3)ncn2)cccc1-c1ncc(F)cn1. The minimum atomic E-state index is -0.507. The molecular formula is C21H19FN8O. The van der Waals surface area contributed by atoms with E-state index in [0.717, 1.165) is 18.1 Å². The predicted octanol–water partition coefficient (Wildman–Crippen LogP) is 3.98. The first-order valence-corrected chi connectivity index (χ1v) is 9.35. The van der Waals surface area contributed by atoms with E-state index in [-0.39, 0.29) is 0 Å². The monoisotopic (exact) mass is 418 g/mol. The molecule has 2 N–H and O–H groups in total. The van der Waals surface area contributed by atoms with Crippen LogP contribution in [0.1, 0.15) is 11.5 Å². The molecule has 9 nitrogen and oxygen atoms in total. The number of para-hydroxylation sites is 1. The number of methoxy groups -OCH3 is 1. The van der Waals surface area contributed by atoms with Gasteiger partial charge >= 0.3 is 0 Å². The number of benzene rings is 1. The Kier molecular flexibility index (Phi) is 5.61. The van der Waals surface area contributed by atoms with Gasteiger partial charge in [0.15, 0.2) is 17.4 Å². The molecule has 3 heterocycles. The predicted molar refractivity (Wildman–Crippen MR) is 114 cm³/mol. The van der Waals surface area contributed by atoms with Gasteiger partial charge in [-0.25, -0.2) is 34.3 Å². The maximum Gasteiger partial charge on any atom is 0.163 e. The molecule has 4 aromatic rings. The largest absolute Gasteiger partial charge is 0.494 e. The summed E-state index contributed by atoms with van der Waals surface area (Å²) >= 11 is 0. The van der Waals surface area contributed by atoms with Crippen LogP contribution in [0.25, 0.3) is 11.4 Å². The molecule has 0 saturated carbocycles. The third kappa shape index (κ3) is 4.69. The summed E-state index contributed by atoms with van der Waals surface area (Å²) in [6.07, 6.45) is 3.66. The number of ether oxygens (including phenoxy) is 1. The highest BCUT2D eigenvalue weighted by Gasteiger charge is 2.14. The standard InChI is InChI=1S/C21H19FN8O/c1-12-7-19(28-13(2)27-12)30-18-8-17(25-11-26-18)29-16-6-4-5-15(20(16)31-3)21-23-9-14(22)10-24-21/h4-11H,1-3H3,(H2,25,26,27,28,29,30). The lowest BCUT2D eigenvalue weighted by atomic mass is 10.1. The van der Waals surface area contributed by atoms with Crippen molar-refractivity contribution in [2.24, 2.45) is 0 Å². The van der Waals surface area contributed by atoms with E-state index in [1.807, 2.05) is 32.0 Å². The molecule has 0 unspecified atom stereocenters. The molecule has 3 aromatic heterocycles. The van der Waals surface area contributed by atoms with Gasteiger partial charge in [0.1, 0.15) is 29.6 Å². The zero-order valence-electron chi connectivity index (χ0n) is 17.1. The Labute approximate surface area is 177 Å². The minimum absolute atomic E-state index is 0.349. The maximum atomic E-state index is 13.2. The van der Waals surface area contributed by atoms with Gasteiger partial charge in [-0.15, -0.1) is 0 Å². The molecule has 31 heavy (non-hydrogen) atoms. The van der Waals surface area contributed by atoms with Crippen LogP contribution < -0.4 is 15.4 Å². The maximum absolute atomic E-state index is 13.2. The van der Waals surface area contributed by atoms with Crippen LogP contribution in [0, 0.1) is 19.7 Å². The molecule has 0 saturated heterocycles. The van der Waals surface area contributed by atoms with Crippen molar-refractivity contribution >= 4 is 23.1 Å². The summed E-state index contributed by atoms with van der Waals surface area (Å²) in [6, 6.07) is 9.02. The van der Waals surface area contributed by atoms with E-state index in [0.29, 0.717) is 46.1 Å². The van der Waals surface area contributed by atoms with Crippen LogP contribution >= 0.6 is 0 Å². The van der Waals surface area contributed by atoms with Gasteiger partial charge in [-0.2, -0.15) is 0 Å². The van der Waals surface area contributed by atoms with Crippen molar-refractivity contribution in [3.8, 4) is 17.1 Å². The number of nitrogens with one attached hydrogen (secondary N) is 2. The third-order valence-electron chi connectivity index (χ3n) is 4.23. The molecule has 10 heteroatoms. The number of rotatable bonds is 6. The lowest BCUT2D eigenvalue weighted by molar-refractivity contribution is 0.418. The van der Waals surface area contributed by atoms with Crippen LogP contribution in [0.15, 0.2) is 49.1 Å². The molecule has 0 bridgehead atoms. The topological polar surface area (TPSA) is 111 Å². The van der Waals surface area contributed by atoms with Gasteiger partial charge in [-0.05, 0) is 26.0 Å². The van der Waals surface area contributed by atoms with E-state index < -0.39 is 5.82 Å². The average Bonchev–Trinajstić information content (AvgIpc) is 2.74. The summed E-state index contributed by atoms with van der Waals surface area (Å²) in [4.78, 5) is 25.2. The second-order valence-electron chi connectivity index (χ2n) is 6.59. The molecule has 1 aromatic carbocycles. The van der Waals surface area contributed by atoms with Gasteiger partial charge < -0.3 is 15.4 Å². The van der Waals surface area contributed by atoms with Gasteiger partial charge in [0.25, 0.3) is 0 Å². The van der Waals surface area contributed by atoms with Gasteiger partial charge in [0.05, 0.1) is 30.8 Å². The lowest BCUT2D eigenvalue weighted by Gasteiger charge is -2.14. The highest BCUT2D eigenvalue weighted by molar-refractivity contribution is 5.77. The van der Waals surface area contributed by atoms with Gasteiger partial charge in [0, 0.05) is 17.8 Å². The highest BCUT2D eigenvalue weighted by atomic mass is 19.1. The summed E-state index contributed by atoms with van der Waals surface area (Å²) in [5.41, 5.74) is 2.12. The number of halogens is 1. The molecule has 0 atom stereocenters. The summed E-state index contributed by atoms with van der Waals surface area (Å²) in [5.74, 6) is 2.75. The molecule has 0 aliphatic carbocycles. The number of hydrogen-bond acceptors (Lipinski definition) is 9. The number of anilines is 4. The lowest BCUT2D eigenvalue weighted by Crippen LogP contribution is -2.03. The quantitative estimate of drug-likeness (QED) is 0.480. The first-order valence-electron chi connectivity index (χ1n) is 9.35. The Bertz CT molecular complexity index is 1200. The summed E-state index contributed by atoms with van der Waals surface area (Å²) in [6.45, 7) is 3.73. The molecule has 0 fully saturated rings. The van der Waals surface area contributed by atoms with E-state index in [1.54, 1.807) is 19.2 Å². The van der Waals surface area contributed by atoms with Crippen molar-refractivity contribution in [1.29, 1.82) is 0 Å². The van der Waals surface area contributed by atoms with Crippen molar-refractivity contribution in [3.63, 3.8) is 0 Å². The molecular weight excluding hydrogens is 399 g/mol. The van der Waals surface area contributed by atoms with Crippen LogP contribution in [0.4, 0.5) is 27.5 Å². The molecule has 0 aliphatic rings. The Morgan fingerprint density at radius 2 is 1.61 bits per heavy atom. The summed E-state index contributed by atoms with van der Waals surface area (Å²) < 4.78 is 18.8. The fraction of sp³-hybridized carbons (Fsp3) is 0.143. The fourth-order valence-electron chi connectivity index (χ4n) is 3.03. The van der Waals surface area contributed by atoms with E-state index >= 15 is 0 Å².